The smallest absolute Gasteiger partial charge is 0.330 e. The molecule has 0 spiro atoms. The molecular weight excluding hydrogens is 264 g/mol. The molecule has 2 unspecified atom stereocenters. The molecule has 20 heavy (non-hydrogen) atoms. The van der Waals surface area contributed by atoms with E-state index in [4.69, 9.17) is 9.84 Å². The third kappa shape index (κ3) is 5.86. The Morgan fingerprint density at radius 1 is 1.30 bits per heavy atom. The van der Waals surface area contributed by atoms with E-state index in [0.29, 0.717) is 19.3 Å². The minimum Gasteiger partial charge on any atom is -0.481 e. The predicted octanol–water partition coefficient (Wildman–Crippen LogP) is 2.23. The number of esters is 1. The van der Waals surface area contributed by atoms with Gasteiger partial charge in [0.05, 0.1) is 5.92 Å². The maximum Gasteiger partial charge on any atom is 0.330 e. The minimum atomic E-state index is -1.12. The Hall–Kier alpha value is -1.85. The lowest BCUT2D eigenvalue weighted by atomic mass is 9.82. The van der Waals surface area contributed by atoms with Crippen molar-refractivity contribution in [2.45, 2.75) is 51.6 Å². The van der Waals surface area contributed by atoms with Crippen LogP contribution in [0.3, 0.4) is 0 Å². The molecule has 0 radical (unpaired) electrons. The van der Waals surface area contributed by atoms with E-state index in [2.05, 4.69) is 6.58 Å². The summed E-state index contributed by atoms with van der Waals surface area (Å²) in [6.45, 7) is 6.60. The fraction of sp³-hybridized carbons (Fsp3) is 0.643. The van der Waals surface area contributed by atoms with Crippen LogP contribution in [0.1, 0.15) is 46.0 Å². The van der Waals surface area contributed by atoms with Gasteiger partial charge in [-0.1, -0.05) is 19.9 Å². The van der Waals surface area contributed by atoms with Gasteiger partial charge in [-0.25, -0.2) is 4.79 Å². The van der Waals surface area contributed by atoms with Gasteiger partial charge in [-0.3, -0.25) is 9.59 Å². The van der Waals surface area contributed by atoms with E-state index in [-0.39, 0.29) is 12.8 Å². The summed E-state index contributed by atoms with van der Waals surface area (Å²) in [7, 11) is 0. The van der Waals surface area contributed by atoms with E-state index < -0.39 is 29.4 Å². The van der Waals surface area contributed by atoms with Gasteiger partial charge in [0.1, 0.15) is 5.60 Å². The highest BCUT2D eigenvalue weighted by Crippen LogP contribution is 2.30. The first-order valence-electron chi connectivity index (χ1n) is 6.56. The monoisotopic (exact) mass is 286 g/mol. The van der Waals surface area contributed by atoms with Gasteiger partial charge in [-0.15, -0.1) is 0 Å². The summed E-state index contributed by atoms with van der Waals surface area (Å²) in [6.07, 6.45) is 2.46. The summed E-state index contributed by atoms with van der Waals surface area (Å²) in [5.74, 6) is -3.49. The van der Waals surface area contributed by atoms with Crippen molar-refractivity contribution < 1.29 is 29.3 Å². The van der Waals surface area contributed by atoms with Gasteiger partial charge in [0, 0.05) is 12.5 Å². The number of rotatable bonds is 10. The van der Waals surface area contributed by atoms with Gasteiger partial charge < -0.3 is 14.9 Å². The van der Waals surface area contributed by atoms with Crippen LogP contribution in [0.5, 0.6) is 0 Å². The maximum absolute atomic E-state index is 11.4. The number of carboxylic acids is 2. The second-order valence-corrected chi connectivity index (χ2v) is 4.82. The third-order valence-electron chi connectivity index (χ3n) is 3.37. The molecule has 0 aromatic rings. The van der Waals surface area contributed by atoms with Gasteiger partial charge in [0.2, 0.25) is 0 Å². The van der Waals surface area contributed by atoms with Crippen molar-refractivity contribution >= 4 is 17.9 Å². The van der Waals surface area contributed by atoms with Crippen molar-refractivity contribution in [3.63, 3.8) is 0 Å². The third-order valence-corrected chi connectivity index (χ3v) is 3.37. The largest absolute Gasteiger partial charge is 0.481 e. The molecule has 0 rings (SSSR count). The van der Waals surface area contributed by atoms with Crippen LogP contribution in [-0.2, 0) is 19.1 Å². The number of unbranched alkanes of at least 4 members (excludes halogenated alkanes) is 1. The molecule has 0 aromatic heterocycles. The molecule has 0 fully saturated rings. The molecule has 0 aliphatic carbocycles. The highest BCUT2D eigenvalue weighted by Gasteiger charge is 2.40. The zero-order valence-corrected chi connectivity index (χ0v) is 11.9. The van der Waals surface area contributed by atoms with Gasteiger partial charge in [0.25, 0.3) is 0 Å². The summed E-state index contributed by atoms with van der Waals surface area (Å²) in [5, 5.41) is 17.8. The predicted molar refractivity (Wildman–Crippen MR) is 72.2 cm³/mol. The van der Waals surface area contributed by atoms with Crippen molar-refractivity contribution in [3.8, 4) is 0 Å². The molecule has 0 heterocycles. The van der Waals surface area contributed by atoms with Crippen LogP contribution in [0.4, 0.5) is 0 Å². The molecule has 6 heteroatoms. The minimum absolute atomic E-state index is 0.00161. The molecule has 2 N–H and O–H groups in total. The van der Waals surface area contributed by atoms with E-state index in [1.807, 2.05) is 0 Å². The molecule has 0 saturated heterocycles. The first-order valence-corrected chi connectivity index (χ1v) is 6.56. The van der Waals surface area contributed by atoms with Crippen LogP contribution in [0.15, 0.2) is 12.7 Å². The van der Waals surface area contributed by atoms with Crippen LogP contribution in [0, 0.1) is 5.92 Å². The highest BCUT2D eigenvalue weighted by atomic mass is 16.6. The summed E-state index contributed by atoms with van der Waals surface area (Å²) >= 11 is 0. The zero-order chi connectivity index (χ0) is 15.8. The van der Waals surface area contributed by atoms with Gasteiger partial charge >= 0.3 is 17.9 Å². The van der Waals surface area contributed by atoms with Crippen molar-refractivity contribution in [1.82, 2.24) is 0 Å². The van der Waals surface area contributed by atoms with Crippen molar-refractivity contribution in [3.05, 3.63) is 12.7 Å². The van der Waals surface area contributed by atoms with Crippen LogP contribution in [0.25, 0.3) is 0 Å². The highest BCUT2D eigenvalue weighted by molar-refractivity contribution is 5.82. The standard InChI is InChI=1S/C14H22O6/c1-4-12(17)20-14(3,5-2)10(13(18)19)8-6-7-9-11(15)16/h4,10H,1,5-9H2,2-3H3,(H,15,16)(H,18,19). The van der Waals surface area contributed by atoms with Crippen LogP contribution in [-0.4, -0.2) is 33.7 Å². The lowest BCUT2D eigenvalue weighted by molar-refractivity contribution is -0.168. The molecule has 0 aliphatic heterocycles. The molecular formula is C14H22O6. The van der Waals surface area contributed by atoms with E-state index in [0.717, 1.165) is 6.08 Å². The molecule has 6 nitrogen and oxygen atoms in total. The van der Waals surface area contributed by atoms with Crippen LogP contribution in [0.2, 0.25) is 0 Å². The number of carboxylic acid groups (broad SMARTS) is 2. The Labute approximate surface area is 118 Å². The summed E-state index contributed by atoms with van der Waals surface area (Å²) in [5.41, 5.74) is -1.12. The molecule has 0 amide bonds. The fourth-order valence-corrected chi connectivity index (χ4v) is 1.98. The summed E-state index contributed by atoms with van der Waals surface area (Å²) in [4.78, 5) is 33.1. The van der Waals surface area contributed by atoms with E-state index in [9.17, 15) is 19.5 Å². The molecule has 0 aliphatic rings. The molecule has 0 aromatic carbocycles. The summed E-state index contributed by atoms with van der Waals surface area (Å²) < 4.78 is 5.18. The Kier molecular flexibility index (Phi) is 7.57. The number of carbonyl (C=O) groups excluding carboxylic acids is 1. The number of ether oxygens (including phenoxy) is 1. The second kappa shape index (κ2) is 8.35. The number of hydrogen-bond acceptors (Lipinski definition) is 4. The van der Waals surface area contributed by atoms with E-state index in [1.165, 1.54) is 0 Å². The van der Waals surface area contributed by atoms with Crippen molar-refractivity contribution in [1.29, 1.82) is 0 Å². The van der Waals surface area contributed by atoms with Gasteiger partial charge in [0.15, 0.2) is 0 Å². The number of hydrogen-bond donors (Lipinski definition) is 2. The topological polar surface area (TPSA) is 101 Å². The van der Waals surface area contributed by atoms with Crippen molar-refractivity contribution in [2.24, 2.45) is 5.92 Å². The lowest BCUT2D eigenvalue weighted by Gasteiger charge is -2.33. The molecule has 0 bridgehead atoms. The number of carbonyl (C=O) groups is 3. The number of aliphatic carboxylic acids is 2. The Morgan fingerprint density at radius 3 is 2.30 bits per heavy atom. The van der Waals surface area contributed by atoms with E-state index in [1.54, 1.807) is 13.8 Å². The Balaban J connectivity index is 4.75. The average Bonchev–Trinajstić information content (AvgIpc) is 2.37. The van der Waals surface area contributed by atoms with Crippen LogP contribution < -0.4 is 0 Å². The normalized spacial score (nSPS) is 14.9. The second-order valence-electron chi connectivity index (χ2n) is 4.82. The van der Waals surface area contributed by atoms with Crippen LogP contribution >= 0.6 is 0 Å². The summed E-state index contributed by atoms with van der Waals surface area (Å²) in [6, 6.07) is 0. The first-order chi connectivity index (χ1) is 9.26. The first kappa shape index (κ1) is 18.1. The van der Waals surface area contributed by atoms with Gasteiger partial charge in [-0.2, -0.15) is 0 Å². The maximum atomic E-state index is 11.4. The SMILES string of the molecule is C=CC(=O)OC(C)(CC)C(CCCCC(=O)O)C(=O)O. The average molecular weight is 286 g/mol. The molecule has 0 saturated carbocycles. The quantitative estimate of drug-likeness (QED) is 0.363. The Morgan fingerprint density at radius 2 is 1.90 bits per heavy atom. The van der Waals surface area contributed by atoms with Gasteiger partial charge in [-0.05, 0) is 26.2 Å². The fourth-order valence-electron chi connectivity index (χ4n) is 1.98. The van der Waals surface area contributed by atoms with E-state index >= 15 is 0 Å². The lowest BCUT2D eigenvalue weighted by Crippen LogP contribution is -2.43. The van der Waals surface area contributed by atoms with Crippen molar-refractivity contribution in [2.75, 3.05) is 0 Å². The molecule has 2 atom stereocenters. The Bertz CT molecular complexity index is 376. The zero-order valence-electron chi connectivity index (χ0n) is 11.9. The molecule has 114 valence electrons.